The number of piperazine rings is 1. The first-order valence-electron chi connectivity index (χ1n) is 9.88. The molecule has 4 nitrogen and oxygen atoms in total. The van der Waals surface area contributed by atoms with Gasteiger partial charge in [0, 0.05) is 37.2 Å². The first kappa shape index (κ1) is 22.4. The quantitative estimate of drug-likeness (QED) is 0.712. The van der Waals surface area contributed by atoms with Gasteiger partial charge in [-0.3, -0.25) is 4.90 Å². The monoisotopic (exact) mass is 439 g/mol. The SMILES string of the molecule is CC(C)NC(=O)N1CCN(C(c2ccc(Cl)cc2)c2ccccc2C(F)(F)F)CC1. The van der Waals surface area contributed by atoms with Crippen molar-refractivity contribution in [1.82, 2.24) is 15.1 Å². The molecule has 1 fully saturated rings. The van der Waals surface area contributed by atoms with Crippen molar-refractivity contribution < 1.29 is 18.0 Å². The fourth-order valence-corrected chi connectivity index (χ4v) is 3.87. The molecule has 1 saturated heterocycles. The average molecular weight is 440 g/mol. The summed E-state index contributed by atoms with van der Waals surface area (Å²) in [5.74, 6) is 0. The molecule has 0 spiro atoms. The van der Waals surface area contributed by atoms with Crippen LogP contribution >= 0.6 is 11.6 Å². The van der Waals surface area contributed by atoms with Gasteiger partial charge in [0.2, 0.25) is 0 Å². The Morgan fingerprint density at radius 2 is 1.60 bits per heavy atom. The van der Waals surface area contributed by atoms with Crippen molar-refractivity contribution in [3.8, 4) is 0 Å². The number of halogens is 4. The van der Waals surface area contributed by atoms with Gasteiger partial charge in [-0.2, -0.15) is 13.2 Å². The maximum absolute atomic E-state index is 13.7. The van der Waals surface area contributed by atoms with E-state index in [0.717, 1.165) is 11.6 Å². The lowest BCUT2D eigenvalue weighted by Crippen LogP contribution is -2.53. The van der Waals surface area contributed by atoms with E-state index < -0.39 is 17.8 Å². The molecule has 1 aliphatic rings. The van der Waals surface area contributed by atoms with E-state index in [2.05, 4.69) is 5.32 Å². The van der Waals surface area contributed by atoms with E-state index in [1.807, 2.05) is 18.7 Å². The van der Waals surface area contributed by atoms with Crippen LogP contribution in [0.4, 0.5) is 18.0 Å². The van der Waals surface area contributed by atoms with Crippen LogP contribution in [0.2, 0.25) is 5.02 Å². The lowest BCUT2D eigenvalue weighted by atomic mass is 9.92. The molecule has 0 radical (unpaired) electrons. The minimum atomic E-state index is -4.46. The summed E-state index contributed by atoms with van der Waals surface area (Å²) in [7, 11) is 0. The minimum Gasteiger partial charge on any atom is -0.336 e. The first-order chi connectivity index (χ1) is 14.2. The Morgan fingerprint density at radius 3 is 2.17 bits per heavy atom. The average Bonchev–Trinajstić information content (AvgIpc) is 2.69. The third kappa shape index (κ3) is 5.26. The Balaban J connectivity index is 1.92. The molecule has 2 aromatic carbocycles. The van der Waals surface area contributed by atoms with Gasteiger partial charge in [0.1, 0.15) is 0 Å². The summed E-state index contributed by atoms with van der Waals surface area (Å²) in [4.78, 5) is 16.0. The molecule has 1 N–H and O–H groups in total. The number of alkyl halides is 3. The molecule has 2 amide bonds. The van der Waals surface area contributed by atoms with E-state index in [0.29, 0.717) is 31.2 Å². The Labute approximate surface area is 179 Å². The summed E-state index contributed by atoms with van der Waals surface area (Å²) in [5, 5.41) is 3.38. The highest BCUT2D eigenvalue weighted by Gasteiger charge is 2.37. The molecule has 1 aliphatic heterocycles. The summed E-state index contributed by atoms with van der Waals surface area (Å²) >= 11 is 6.00. The number of nitrogens with zero attached hydrogens (tertiary/aromatic N) is 2. The van der Waals surface area contributed by atoms with Crippen LogP contribution in [0.5, 0.6) is 0 Å². The molecule has 30 heavy (non-hydrogen) atoms. The first-order valence-corrected chi connectivity index (χ1v) is 10.3. The lowest BCUT2D eigenvalue weighted by molar-refractivity contribution is -0.138. The van der Waals surface area contributed by atoms with Gasteiger partial charge in [-0.25, -0.2) is 4.79 Å². The van der Waals surface area contributed by atoms with Crippen molar-refractivity contribution in [2.75, 3.05) is 26.2 Å². The third-order valence-electron chi connectivity index (χ3n) is 5.13. The summed E-state index contributed by atoms with van der Waals surface area (Å²) in [6, 6.07) is 11.9. The molecule has 1 atom stereocenters. The molecule has 3 rings (SSSR count). The largest absolute Gasteiger partial charge is 0.416 e. The molecule has 1 heterocycles. The normalized spacial score (nSPS) is 16.6. The summed E-state index contributed by atoms with van der Waals surface area (Å²) in [6.07, 6.45) is -4.46. The summed E-state index contributed by atoms with van der Waals surface area (Å²) in [6.45, 7) is 5.58. The zero-order valence-corrected chi connectivity index (χ0v) is 17.7. The predicted molar refractivity (Wildman–Crippen MR) is 112 cm³/mol. The van der Waals surface area contributed by atoms with Crippen molar-refractivity contribution in [2.24, 2.45) is 0 Å². The maximum atomic E-state index is 13.7. The second-order valence-corrected chi connectivity index (χ2v) is 8.10. The van der Waals surface area contributed by atoms with Crippen molar-refractivity contribution in [1.29, 1.82) is 0 Å². The van der Waals surface area contributed by atoms with E-state index in [1.165, 1.54) is 12.1 Å². The van der Waals surface area contributed by atoms with Gasteiger partial charge in [0.15, 0.2) is 0 Å². The van der Waals surface area contributed by atoms with Crippen molar-refractivity contribution in [3.05, 3.63) is 70.2 Å². The second kappa shape index (κ2) is 9.27. The Bertz CT molecular complexity index is 863. The Hall–Kier alpha value is -2.25. The van der Waals surface area contributed by atoms with Crippen LogP contribution in [-0.4, -0.2) is 48.1 Å². The predicted octanol–water partition coefficient (Wildman–Crippen LogP) is 5.18. The van der Waals surface area contributed by atoms with Crippen molar-refractivity contribution in [2.45, 2.75) is 32.1 Å². The Morgan fingerprint density at radius 1 is 1.00 bits per heavy atom. The van der Waals surface area contributed by atoms with Crippen LogP contribution in [0, 0.1) is 0 Å². The van der Waals surface area contributed by atoms with Crippen LogP contribution in [0.1, 0.15) is 36.6 Å². The number of amides is 2. The van der Waals surface area contributed by atoms with Gasteiger partial charge in [-0.15, -0.1) is 0 Å². The van der Waals surface area contributed by atoms with Crippen LogP contribution in [0.15, 0.2) is 48.5 Å². The van der Waals surface area contributed by atoms with E-state index in [9.17, 15) is 18.0 Å². The molecule has 0 saturated carbocycles. The molecule has 0 aromatic heterocycles. The van der Waals surface area contributed by atoms with Crippen LogP contribution in [-0.2, 0) is 6.18 Å². The maximum Gasteiger partial charge on any atom is 0.416 e. The highest BCUT2D eigenvalue weighted by Crippen LogP contribution is 2.39. The number of nitrogens with one attached hydrogen (secondary N) is 1. The number of urea groups is 1. The van der Waals surface area contributed by atoms with Crippen LogP contribution < -0.4 is 5.32 Å². The van der Waals surface area contributed by atoms with Gasteiger partial charge < -0.3 is 10.2 Å². The fourth-order valence-electron chi connectivity index (χ4n) is 3.75. The number of benzene rings is 2. The standard InChI is InChI=1S/C22H25ClF3N3O/c1-15(2)27-21(30)29-13-11-28(12-14-29)20(16-7-9-17(23)10-8-16)18-5-3-4-6-19(18)22(24,25)26/h3-10,15,20H,11-14H2,1-2H3,(H,27,30). The zero-order chi connectivity index (χ0) is 21.9. The third-order valence-corrected chi connectivity index (χ3v) is 5.38. The van der Waals surface area contributed by atoms with Gasteiger partial charge in [0.25, 0.3) is 0 Å². The second-order valence-electron chi connectivity index (χ2n) is 7.67. The summed E-state index contributed by atoms with van der Waals surface area (Å²) < 4.78 is 41.2. The molecule has 0 bridgehead atoms. The smallest absolute Gasteiger partial charge is 0.336 e. The topological polar surface area (TPSA) is 35.6 Å². The van der Waals surface area contributed by atoms with Crippen LogP contribution in [0.3, 0.4) is 0 Å². The highest BCUT2D eigenvalue weighted by atomic mass is 35.5. The summed E-state index contributed by atoms with van der Waals surface area (Å²) in [5.41, 5.74) is 0.286. The molecule has 2 aromatic rings. The van der Waals surface area contributed by atoms with E-state index in [-0.39, 0.29) is 17.6 Å². The van der Waals surface area contributed by atoms with Gasteiger partial charge in [0.05, 0.1) is 11.6 Å². The minimum absolute atomic E-state index is 0.0241. The Kier molecular flexibility index (Phi) is 6.93. The number of hydrogen-bond donors (Lipinski definition) is 1. The van der Waals surface area contributed by atoms with Gasteiger partial charge in [-0.1, -0.05) is 41.9 Å². The molecule has 162 valence electrons. The molecule has 8 heteroatoms. The van der Waals surface area contributed by atoms with Gasteiger partial charge in [-0.05, 0) is 43.2 Å². The number of carbonyl (C=O) groups excluding carboxylic acids is 1. The van der Waals surface area contributed by atoms with Crippen molar-refractivity contribution >= 4 is 17.6 Å². The molecular formula is C22H25ClF3N3O. The van der Waals surface area contributed by atoms with E-state index >= 15 is 0 Å². The van der Waals surface area contributed by atoms with Crippen LogP contribution in [0.25, 0.3) is 0 Å². The highest BCUT2D eigenvalue weighted by molar-refractivity contribution is 6.30. The van der Waals surface area contributed by atoms with E-state index in [1.54, 1.807) is 35.2 Å². The number of hydrogen-bond acceptors (Lipinski definition) is 2. The van der Waals surface area contributed by atoms with Crippen molar-refractivity contribution in [3.63, 3.8) is 0 Å². The number of rotatable bonds is 4. The lowest BCUT2D eigenvalue weighted by Gasteiger charge is -2.40. The molecule has 1 unspecified atom stereocenters. The van der Waals surface area contributed by atoms with Gasteiger partial charge >= 0.3 is 12.2 Å². The fraction of sp³-hybridized carbons (Fsp3) is 0.409. The number of carbonyl (C=O) groups is 1. The van der Waals surface area contributed by atoms with E-state index in [4.69, 9.17) is 11.6 Å². The molecular weight excluding hydrogens is 415 g/mol. The molecule has 0 aliphatic carbocycles. The zero-order valence-electron chi connectivity index (χ0n) is 16.9.